The number of rotatable bonds is 15. The fourth-order valence-electron chi connectivity index (χ4n) is 3.85. The molecule has 1 amide bonds. The minimum atomic E-state index is -5.07. The number of hydrogen-bond donors (Lipinski definition) is 3. The molecule has 1 radical (unpaired) electrons. The van der Waals surface area contributed by atoms with Gasteiger partial charge >= 0.3 is 26.5 Å². The first-order valence-corrected chi connectivity index (χ1v) is 15.4. The SMILES string of the molecule is CB(O)N=C(N)c1ccc(SCCCn2ccn(CCCSc3ccc(C(N)=N[B]C=O)cc3)c2=NC(=O)C(F)(F)F)cc1. The van der Waals surface area contributed by atoms with Gasteiger partial charge in [-0.2, -0.15) is 18.2 Å². The molecule has 17 heteroatoms. The number of alkyl halides is 3. The van der Waals surface area contributed by atoms with Crippen molar-refractivity contribution in [2.45, 2.75) is 48.7 Å². The molecule has 0 fully saturated rings. The van der Waals surface area contributed by atoms with Crippen molar-refractivity contribution in [3.05, 3.63) is 77.7 Å². The second-order valence-corrected chi connectivity index (χ2v) is 11.6. The summed E-state index contributed by atoms with van der Waals surface area (Å²) in [6.45, 7) is 2.25. The number of amides is 1. The number of imidazole rings is 1. The molecule has 0 aliphatic rings. The zero-order chi connectivity index (χ0) is 32.1. The minimum absolute atomic E-state index is 0.0502. The van der Waals surface area contributed by atoms with E-state index in [9.17, 15) is 27.8 Å². The maximum absolute atomic E-state index is 13.0. The maximum atomic E-state index is 13.0. The third kappa shape index (κ3) is 11.1. The Morgan fingerprint density at radius 1 is 0.932 bits per heavy atom. The molecule has 1 aromatic heterocycles. The predicted molar refractivity (Wildman–Crippen MR) is 170 cm³/mol. The molecule has 3 rings (SSSR count). The molecule has 0 spiro atoms. The number of benzene rings is 2. The monoisotopic (exact) mass is 644 g/mol. The Morgan fingerprint density at radius 3 is 1.84 bits per heavy atom. The van der Waals surface area contributed by atoms with Crippen LogP contribution in [0, 0.1) is 0 Å². The zero-order valence-corrected chi connectivity index (χ0v) is 25.5. The van der Waals surface area contributed by atoms with Gasteiger partial charge in [-0.25, -0.2) is 0 Å². The normalized spacial score (nSPS) is 12.8. The van der Waals surface area contributed by atoms with Crippen molar-refractivity contribution in [1.29, 1.82) is 0 Å². The molecule has 231 valence electrons. The van der Waals surface area contributed by atoms with Crippen molar-refractivity contribution >= 4 is 61.8 Å². The van der Waals surface area contributed by atoms with Gasteiger partial charge in [0.05, 0.1) is 0 Å². The lowest BCUT2D eigenvalue weighted by Crippen LogP contribution is -2.31. The van der Waals surface area contributed by atoms with Gasteiger partial charge in [-0.05, 0) is 55.4 Å². The number of nitrogens with two attached hydrogens (primary N) is 2. The van der Waals surface area contributed by atoms with Crippen LogP contribution in [0.4, 0.5) is 13.2 Å². The molecule has 0 aliphatic carbocycles. The van der Waals surface area contributed by atoms with E-state index >= 15 is 0 Å². The van der Waals surface area contributed by atoms with Gasteiger partial charge in [0.1, 0.15) is 17.9 Å². The van der Waals surface area contributed by atoms with E-state index in [2.05, 4.69) is 14.8 Å². The standard InChI is InChI=1S/C27H31B2F3N7O3S2/c1-29(42)37-24(34)20-6-10-22(11-7-20)44-17-3-13-39-15-14-38(26(39)35-25(41)27(30,31)32)12-2-16-43-21-8-4-19(5-9-21)23(33)36-28-18-40/h4-11,14-15,18,42H,2-3,12-13,16-17H2,1H3,(H2,33,36)(H2,34,37). The second kappa shape index (κ2) is 17.0. The van der Waals surface area contributed by atoms with E-state index < -0.39 is 19.1 Å². The van der Waals surface area contributed by atoms with Crippen molar-refractivity contribution in [2.24, 2.45) is 26.3 Å². The first-order valence-electron chi connectivity index (χ1n) is 13.5. The average Bonchev–Trinajstić information content (AvgIpc) is 3.36. The summed E-state index contributed by atoms with van der Waals surface area (Å²) in [7, 11) is 0.171. The van der Waals surface area contributed by atoms with E-state index in [1.807, 2.05) is 24.3 Å². The summed E-state index contributed by atoms with van der Waals surface area (Å²) in [6.07, 6.45) is -0.0428. The van der Waals surface area contributed by atoms with E-state index in [-0.39, 0.29) is 17.3 Å². The number of thioether (sulfide) groups is 2. The molecule has 10 nitrogen and oxygen atoms in total. The van der Waals surface area contributed by atoms with Gasteiger partial charge in [0.15, 0.2) is 0 Å². The first kappa shape index (κ1) is 34.8. The number of carbonyl (C=O) groups is 2. The molecule has 0 aliphatic heterocycles. The van der Waals surface area contributed by atoms with E-state index in [0.717, 1.165) is 17.2 Å². The predicted octanol–water partition coefficient (Wildman–Crippen LogP) is 2.97. The quantitative estimate of drug-likeness (QED) is 0.0575. The fourth-order valence-corrected chi connectivity index (χ4v) is 5.52. The number of aryl methyl sites for hydroxylation is 2. The topological polar surface area (TPSA) is 153 Å². The summed E-state index contributed by atoms with van der Waals surface area (Å²) < 4.78 is 42.2. The number of aromatic nitrogens is 2. The molecule has 0 unspecified atom stereocenters. The molecule has 0 bridgehead atoms. The third-order valence-electron chi connectivity index (χ3n) is 5.91. The minimum Gasteiger partial charge on any atom is -0.431 e. The molecule has 5 N–H and O–H groups in total. The summed E-state index contributed by atoms with van der Waals surface area (Å²) in [5.74, 6) is -0.361. The van der Waals surface area contributed by atoms with Crippen LogP contribution in [0.1, 0.15) is 24.0 Å². The van der Waals surface area contributed by atoms with Gasteiger partial charge in [0.2, 0.25) is 5.62 Å². The largest absolute Gasteiger partial charge is 0.473 e. The maximum Gasteiger partial charge on any atom is 0.473 e. The van der Waals surface area contributed by atoms with Crippen molar-refractivity contribution in [2.75, 3.05) is 11.5 Å². The molecule has 0 saturated carbocycles. The number of nitrogens with zero attached hydrogens (tertiary/aromatic N) is 5. The number of carbonyl (C=O) groups excluding carboxylic acids is 2. The van der Waals surface area contributed by atoms with E-state index in [0.29, 0.717) is 54.7 Å². The summed E-state index contributed by atoms with van der Waals surface area (Å²) in [6, 6.07) is 14.6. The highest BCUT2D eigenvalue weighted by atomic mass is 32.2. The molecular formula is C27H31B2F3N7O3S2. The second-order valence-electron chi connectivity index (χ2n) is 9.30. The lowest BCUT2D eigenvalue weighted by atomic mass is 9.90. The summed E-state index contributed by atoms with van der Waals surface area (Å²) in [4.78, 5) is 35.2. The van der Waals surface area contributed by atoms with Crippen LogP contribution in [0.25, 0.3) is 0 Å². The van der Waals surface area contributed by atoms with Gasteiger partial charge in [0, 0.05) is 46.4 Å². The van der Waals surface area contributed by atoms with Crippen LogP contribution >= 0.6 is 23.5 Å². The lowest BCUT2D eigenvalue weighted by molar-refractivity contribution is -0.169. The van der Waals surface area contributed by atoms with E-state index in [1.54, 1.807) is 69.3 Å². The Kier molecular flexibility index (Phi) is 13.4. The Balaban J connectivity index is 1.58. The number of amidine groups is 2. The Morgan fingerprint density at radius 2 is 1.41 bits per heavy atom. The highest BCUT2D eigenvalue weighted by Gasteiger charge is 2.38. The third-order valence-corrected chi connectivity index (χ3v) is 8.11. The highest BCUT2D eigenvalue weighted by Crippen LogP contribution is 2.21. The van der Waals surface area contributed by atoms with Crippen LogP contribution in [0.5, 0.6) is 0 Å². The summed E-state index contributed by atoms with van der Waals surface area (Å²) in [5.41, 5.74) is 13.0. The Bertz CT molecular complexity index is 1530. The summed E-state index contributed by atoms with van der Waals surface area (Å²) >= 11 is 3.12. The Hall–Kier alpha value is -3.69. The lowest BCUT2D eigenvalue weighted by Gasteiger charge is -2.08. The smallest absolute Gasteiger partial charge is 0.431 e. The molecular weight excluding hydrogens is 613 g/mol. The van der Waals surface area contributed by atoms with Crippen molar-refractivity contribution in [1.82, 2.24) is 9.13 Å². The Labute approximate surface area is 262 Å². The molecule has 3 aromatic rings. The van der Waals surface area contributed by atoms with Crippen molar-refractivity contribution < 1.29 is 27.8 Å². The highest BCUT2D eigenvalue weighted by molar-refractivity contribution is 7.99. The van der Waals surface area contributed by atoms with Crippen LogP contribution < -0.4 is 17.1 Å². The van der Waals surface area contributed by atoms with Crippen molar-refractivity contribution in [3.8, 4) is 0 Å². The molecule has 0 saturated heterocycles. The fraction of sp³-hybridized carbons (Fsp3) is 0.296. The average molecular weight is 644 g/mol. The number of halogens is 3. The molecule has 1 heterocycles. The van der Waals surface area contributed by atoms with Gasteiger partial charge < -0.3 is 35.3 Å². The first-order chi connectivity index (χ1) is 21.0. The van der Waals surface area contributed by atoms with E-state index in [4.69, 9.17) is 11.5 Å². The molecule has 2 aromatic carbocycles. The number of hydrogen-bond acceptors (Lipinski definition) is 7. The molecule has 0 atom stereocenters. The molecule has 44 heavy (non-hydrogen) atoms. The summed E-state index contributed by atoms with van der Waals surface area (Å²) in [5, 5.41) is 9.35. The van der Waals surface area contributed by atoms with Gasteiger partial charge in [-0.1, -0.05) is 24.3 Å². The van der Waals surface area contributed by atoms with Crippen LogP contribution in [0.15, 0.2) is 85.5 Å². The van der Waals surface area contributed by atoms with E-state index in [1.165, 1.54) is 6.82 Å². The van der Waals surface area contributed by atoms with Crippen LogP contribution in [0.3, 0.4) is 0 Å². The van der Waals surface area contributed by atoms with Crippen LogP contribution in [0.2, 0.25) is 6.82 Å². The van der Waals surface area contributed by atoms with Crippen LogP contribution in [-0.2, 0) is 22.7 Å². The van der Waals surface area contributed by atoms with Crippen LogP contribution in [-0.4, -0.2) is 70.1 Å². The van der Waals surface area contributed by atoms with Gasteiger partial charge in [-0.3, -0.25) is 9.70 Å². The van der Waals surface area contributed by atoms with Gasteiger partial charge in [-0.15, -0.1) is 23.5 Å². The zero-order valence-electron chi connectivity index (χ0n) is 23.9. The van der Waals surface area contributed by atoms with Gasteiger partial charge in [0.25, 0.3) is 0 Å². The van der Waals surface area contributed by atoms with Crippen molar-refractivity contribution in [3.63, 3.8) is 0 Å².